The first-order valence-electron chi connectivity index (χ1n) is 7.62. The van der Waals surface area contributed by atoms with Gasteiger partial charge < -0.3 is 9.62 Å². The van der Waals surface area contributed by atoms with Crippen molar-refractivity contribution < 1.29 is 9.62 Å². The van der Waals surface area contributed by atoms with Gasteiger partial charge in [-0.05, 0) is 24.3 Å². The predicted octanol–water partition coefficient (Wildman–Crippen LogP) is 4.33. The molecule has 0 atom stereocenters. The maximum absolute atomic E-state index is 12.2. The van der Waals surface area contributed by atoms with Crippen LogP contribution in [0.5, 0.6) is 0 Å². The summed E-state index contributed by atoms with van der Waals surface area (Å²) in [4.78, 5) is 12.2. The van der Waals surface area contributed by atoms with Crippen molar-refractivity contribution in [3.05, 3.63) is 74.7 Å². The topological polar surface area (TPSA) is 80.6 Å². The summed E-state index contributed by atoms with van der Waals surface area (Å²) in [7, 11) is 0. The van der Waals surface area contributed by atoms with E-state index in [1.807, 2.05) is 12.1 Å². The van der Waals surface area contributed by atoms with Gasteiger partial charge in [-0.3, -0.25) is 4.68 Å². The van der Waals surface area contributed by atoms with Crippen LogP contribution in [0.25, 0.3) is 21.9 Å². The van der Waals surface area contributed by atoms with E-state index in [-0.39, 0.29) is 6.54 Å². The molecular weight excluding hydrogens is 377 g/mol. The first kappa shape index (κ1) is 16.6. The van der Waals surface area contributed by atoms with E-state index >= 15 is 0 Å². The second kappa shape index (κ2) is 6.48. The fourth-order valence-electron chi connectivity index (χ4n) is 2.77. The summed E-state index contributed by atoms with van der Waals surface area (Å²) in [5, 5.41) is 19.0. The second-order valence-electron chi connectivity index (χ2n) is 5.65. The van der Waals surface area contributed by atoms with Gasteiger partial charge in [-0.15, -0.1) is 0 Å². The zero-order chi connectivity index (χ0) is 18.3. The molecule has 8 heteroatoms. The van der Waals surface area contributed by atoms with Gasteiger partial charge in [-0.25, -0.2) is 4.79 Å². The molecule has 0 aliphatic heterocycles. The maximum Gasteiger partial charge on any atom is 0.347 e. The molecule has 2 aromatic carbocycles. The highest BCUT2D eigenvalue weighted by Crippen LogP contribution is 2.24. The molecule has 0 bridgehead atoms. The van der Waals surface area contributed by atoms with Gasteiger partial charge in [0.2, 0.25) is 0 Å². The summed E-state index contributed by atoms with van der Waals surface area (Å²) in [6.07, 6.45) is 1.57. The summed E-state index contributed by atoms with van der Waals surface area (Å²) in [5.74, 6) is 0. The fourth-order valence-corrected chi connectivity index (χ4v) is 3.06. The molecule has 4 rings (SSSR count). The predicted molar refractivity (Wildman–Crippen MR) is 101 cm³/mol. The van der Waals surface area contributed by atoms with E-state index in [0.717, 1.165) is 5.39 Å². The zero-order valence-corrected chi connectivity index (χ0v) is 14.7. The molecule has 0 aliphatic carbocycles. The molecule has 0 saturated heterocycles. The van der Waals surface area contributed by atoms with E-state index in [4.69, 9.17) is 27.6 Å². The highest BCUT2D eigenvalue weighted by molar-refractivity contribution is 6.42. The van der Waals surface area contributed by atoms with Crippen molar-refractivity contribution in [2.75, 3.05) is 0 Å². The van der Waals surface area contributed by atoms with Crippen LogP contribution in [-0.2, 0) is 6.54 Å². The van der Waals surface area contributed by atoms with E-state index in [1.54, 1.807) is 36.5 Å². The van der Waals surface area contributed by atoms with Crippen molar-refractivity contribution in [3.63, 3.8) is 0 Å². The van der Waals surface area contributed by atoms with Crippen molar-refractivity contribution in [2.45, 2.75) is 6.54 Å². The molecule has 26 heavy (non-hydrogen) atoms. The maximum atomic E-state index is 12.2. The molecule has 4 aromatic rings. The monoisotopic (exact) mass is 387 g/mol. The molecule has 0 amide bonds. The lowest BCUT2D eigenvalue weighted by Crippen LogP contribution is -2.12. The molecule has 0 unspecified atom stereocenters. The molecule has 2 heterocycles. The lowest BCUT2D eigenvalue weighted by Gasteiger charge is -2.06. The highest BCUT2D eigenvalue weighted by atomic mass is 35.5. The number of hydrogen-bond acceptors (Lipinski definition) is 5. The molecule has 0 aliphatic rings. The third-order valence-corrected chi connectivity index (χ3v) is 4.75. The van der Waals surface area contributed by atoms with Crippen LogP contribution in [0.4, 0.5) is 0 Å². The summed E-state index contributed by atoms with van der Waals surface area (Å²) >= 11 is 11.9. The van der Waals surface area contributed by atoms with Gasteiger partial charge in [-0.2, -0.15) is 5.10 Å². The summed E-state index contributed by atoms with van der Waals surface area (Å²) < 4.78 is 6.83. The van der Waals surface area contributed by atoms with Gasteiger partial charge in [0.1, 0.15) is 22.2 Å². The van der Waals surface area contributed by atoms with Crippen molar-refractivity contribution in [3.8, 4) is 0 Å². The van der Waals surface area contributed by atoms with Crippen LogP contribution in [0, 0.1) is 0 Å². The average Bonchev–Trinajstić information content (AvgIpc) is 3.07. The van der Waals surface area contributed by atoms with Crippen LogP contribution >= 0.6 is 23.2 Å². The Labute approximate surface area is 156 Å². The van der Waals surface area contributed by atoms with E-state index in [9.17, 15) is 10.0 Å². The SMILES string of the molecule is O=c1oc2ccccc2c2nn(C/C(=N/O)c3ccc(Cl)c(Cl)c3)cc12. The number of nitrogens with zero attached hydrogens (tertiary/aromatic N) is 3. The second-order valence-corrected chi connectivity index (χ2v) is 6.46. The Kier molecular flexibility index (Phi) is 4.14. The molecule has 0 saturated carbocycles. The Morgan fingerprint density at radius 2 is 1.96 bits per heavy atom. The number of aromatic nitrogens is 2. The Morgan fingerprint density at radius 1 is 1.15 bits per heavy atom. The van der Waals surface area contributed by atoms with E-state index < -0.39 is 5.63 Å². The first-order chi connectivity index (χ1) is 12.6. The van der Waals surface area contributed by atoms with Gasteiger partial charge in [0.15, 0.2) is 0 Å². The number of oxime groups is 1. The van der Waals surface area contributed by atoms with Crippen LogP contribution in [0.15, 0.2) is 63.0 Å². The van der Waals surface area contributed by atoms with Crippen molar-refractivity contribution in [1.82, 2.24) is 9.78 Å². The molecule has 0 spiro atoms. The van der Waals surface area contributed by atoms with Crippen LogP contribution in [0.2, 0.25) is 10.0 Å². The molecule has 2 aromatic heterocycles. The number of fused-ring (bicyclic) bond motifs is 3. The molecule has 0 fully saturated rings. The Balaban J connectivity index is 1.79. The van der Waals surface area contributed by atoms with Gasteiger partial charge in [0.25, 0.3) is 0 Å². The zero-order valence-electron chi connectivity index (χ0n) is 13.2. The molecule has 6 nitrogen and oxygen atoms in total. The minimum atomic E-state index is -0.470. The van der Waals surface area contributed by atoms with Crippen LogP contribution in [0.3, 0.4) is 0 Å². The number of para-hydroxylation sites is 1. The summed E-state index contributed by atoms with van der Waals surface area (Å²) in [5.41, 5.74) is 1.45. The van der Waals surface area contributed by atoms with Gasteiger partial charge in [0, 0.05) is 17.1 Å². The highest BCUT2D eigenvalue weighted by Gasteiger charge is 2.14. The summed E-state index contributed by atoms with van der Waals surface area (Å²) in [6, 6.07) is 12.1. The number of halogens is 2. The van der Waals surface area contributed by atoms with Gasteiger partial charge >= 0.3 is 5.63 Å². The Bertz CT molecular complexity index is 1230. The van der Waals surface area contributed by atoms with Crippen LogP contribution < -0.4 is 5.63 Å². The first-order valence-corrected chi connectivity index (χ1v) is 8.38. The molecule has 130 valence electrons. The normalized spacial score (nSPS) is 12.2. The largest absolute Gasteiger partial charge is 0.422 e. The van der Waals surface area contributed by atoms with E-state index in [0.29, 0.717) is 37.8 Å². The van der Waals surface area contributed by atoms with Crippen LogP contribution in [0.1, 0.15) is 5.56 Å². The van der Waals surface area contributed by atoms with Crippen molar-refractivity contribution in [1.29, 1.82) is 0 Å². The standard InChI is InChI=1S/C18H11Cl2N3O3/c19-13-6-5-10(7-14(13)20)15(22-25)9-23-8-12-17(21-23)11-3-1-2-4-16(11)26-18(12)24/h1-8,25H,9H2/b22-15-. The number of rotatable bonds is 3. The lowest BCUT2D eigenvalue weighted by atomic mass is 10.1. The average molecular weight is 388 g/mol. The minimum Gasteiger partial charge on any atom is -0.422 e. The Hall–Kier alpha value is -2.83. The van der Waals surface area contributed by atoms with E-state index in [1.165, 1.54) is 4.68 Å². The van der Waals surface area contributed by atoms with Crippen molar-refractivity contribution >= 4 is 50.8 Å². The third kappa shape index (κ3) is 2.83. The lowest BCUT2D eigenvalue weighted by molar-refractivity contribution is 0.317. The molecule has 0 radical (unpaired) electrons. The van der Waals surface area contributed by atoms with Crippen molar-refractivity contribution in [2.24, 2.45) is 5.16 Å². The smallest absolute Gasteiger partial charge is 0.347 e. The Morgan fingerprint density at radius 3 is 2.73 bits per heavy atom. The fraction of sp³-hybridized carbons (Fsp3) is 0.0556. The molecule has 1 N–H and O–H groups in total. The van der Waals surface area contributed by atoms with Gasteiger partial charge in [0.05, 0.1) is 16.6 Å². The van der Waals surface area contributed by atoms with Gasteiger partial charge in [-0.1, -0.05) is 46.6 Å². The van der Waals surface area contributed by atoms with Crippen LogP contribution in [-0.4, -0.2) is 20.7 Å². The summed E-state index contributed by atoms with van der Waals surface area (Å²) in [6.45, 7) is 0.136. The number of benzene rings is 2. The molecular formula is C18H11Cl2N3O3. The minimum absolute atomic E-state index is 0.136. The quantitative estimate of drug-likeness (QED) is 0.245. The van der Waals surface area contributed by atoms with E-state index in [2.05, 4.69) is 10.3 Å². The number of hydrogen-bond donors (Lipinski definition) is 1. The third-order valence-electron chi connectivity index (χ3n) is 4.01.